The van der Waals surface area contributed by atoms with E-state index >= 15 is 0 Å². The number of para-hydroxylation sites is 1. The lowest BCUT2D eigenvalue weighted by Gasteiger charge is -2.32. The van der Waals surface area contributed by atoms with Crippen LogP contribution < -0.4 is 10.1 Å². The third-order valence-electron chi connectivity index (χ3n) is 5.06. The summed E-state index contributed by atoms with van der Waals surface area (Å²) < 4.78 is 21.9. The monoisotopic (exact) mass is 430 g/mol. The third-order valence-corrected chi connectivity index (χ3v) is 5.23. The van der Waals surface area contributed by atoms with Crippen LogP contribution in [0.15, 0.2) is 41.0 Å². The fraction of sp³-hybridized carbons (Fsp3) is 0.350. The van der Waals surface area contributed by atoms with Crippen molar-refractivity contribution in [1.82, 2.24) is 14.9 Å². The van der Waals surface area contributed by atoms with E-state index in [0.29, 0.717) is 43.4 Å². The van der Waals surface area contributed by atoms with Gasteiger partial charge in [-0.2, -0.15) is 0 Å². The van der Waals surface area contributed by atoms with Crippen LogP contribution in [0.25, 0.3) is 10.9 Å². The molecule has 0 saturated carbocycles. The molecule has 156 valence electrons. The Bertz CT molecular complexity index is 1060. The van der Waals surface area contributed by atoms with E-state index in [4.69, 9.17) is 30.2 Å². The van der Waals surface area contributed by atoms with Crippen molar-refractivity contribution >= 4 is 34.4 Å². The van der Waals surface area contributed by atoms with Gasteiger partial charge in [-0.3, -0.25) is 4.90 Å². The first-order chi connectivity index (χ1) is 14.7. The Kier molecular flexibility index (Phi) is 5.06. The second-order valence-corrected chi connectivity index (χ2v) is 7.42. The van der Waals surface area contributed by atoms with Crippen LogP contribution in [0.4, 0.5) is 10.6 Å². The first-order valence-corrected chi connectivity index (χ1v) is 9.95. The molecule has 2 aliphatic heterocycles. The molecule has 30 heavy (non-hydrogen) atoms. The van der Waals surface area contributed by atoms with Crippen molar-refractivity contribution in [3.63, 3.8) is 0 Å². The molecule has 5 rings (SSSR count). The van der Waals surface area contributed by atoms with Crippen LogP contribution in [0.5, 0.6) is 5.75 Å². The summed E-state index contributed by atoms with van der Waals surface area (Å²) in [5, 5.41) is 4.08. The molecule has 1 aromatic carbocycles. The Morgan fingerprint density at radius 1 is 1.23 bits per heavy atom. The zero-order valence-electron chi connectivity index (χ0n) is 15.9. The highest BCUT2D eigenvalue weighted by Crippen LogP contribution is 2.30. The molecule has 1 N–H and O–H groups in total. The summed E-state index contributed by atoms with van der Waals surface area (Å²) >= 11 is 6.15. The van der Waals surface area contributed by atoms with Gasteiger partial charge in [0, 0.05) is 5.39 Å². The molecule has 0 spiro atoms. The predicted octanol–water partition coefficient (Wildman–Crippen LogP) is 3.09. The van der Waals surface area contributed by atoms with E-state index in [0.717, 1.165) is 11.1 Å². The molecule has 4 heterocycles. The van der Waals surface area contributed by atoms with E-state index in [1.807, 2.05) is 24.3 Å². The van der Waals surface area contributed by atoms with E-state index < -0.39 is 0 Å². The lowest BCUT2D eigenvalue weighted by atomic mass is 10.2. The number of carbonyl (C=O) groups excluding carboxylic acids is 1. The van der Waals surface area contributed by atoms with Crippen LogP contribution in [0.2, 0.25) is 5.28 Å². The number of rotatable bonds is 7. The van der Waals surface area contributed by atoms with Gasteiger partial charge >= 0.3 is 6.09 Å². The van der Waals surface area contributed by atoms with Crippen molar-refractivity contribution in [2.24, 2.45) is 0 Å². The van der Waals surface area contributed by atoms with E-state index in [1.165, 1.54) is 0 Å². The number of cyclic esters (lactones) is 1. The molecule has 1 atom stereocenters. The fourth-order valence-electron chi connectivity index (χ4n) is 3.45. The van der Waals surface area contributed by atoms with Gasteiger partial charge in [0.1, 0.15) is 29.5 Å². The van der Waals surface area contributed by atoms with Gasteiger partial charge in [-0.1, -0.05) is 6.07 Å². The van der Waals surface area contributed by atoms with E-state index in [1.54, 1.807) is 17.2 Å². The Morgan fingerprint density at radius 2 is 2.13 bits per heavy atom. The van der Waals surface area contributed by atoms with Gasteiger partial charge in [-0.05, 0) is 35.9 Å². The number of amides is 1. The highest BCUT2D eigenvalue weighted by molar-refractivity contribution is 6.29. The summed E-state index contributed by atoms with van der Waals surface area (Å²) in [4.78, 5) is 22.4. The van der Waals surface area contributed by atoms with Crippen LogP contribution in [0.3, 0.4) is 0 Å². The van der Waals surface area contributed by atoms with Crippen LogP contribution in [0, 0.1) is 0 Å². The Hall–Kier alpha value is -3.04. The lowest BCUT2D eigenvalue weighted by Crippen LogP contribution is -2.49. The maximum atomic E-state index is 12.0. The number of carbonyl (C=O) groups is 1. The van der Waals surface area contributed by atoms with Crippen molar-refractivity contribution in [3.05, 3.63) is 47.6 Å². The molecule has 2 fully saturated rings. The van der Waals surface area contributed by atoms with Gasteiger partial charge in [0.2, 0.25) is 5.28 Å². The molecular formula is C20H19ClN4O5. The van der Waals surface area contributed by atoms with E-state index in [9.17, 15) is 4.79 Å². The van der Waals surface area contributed by atoms with Crippen LogP contribution in [-0.4, -0.2) is 59.5 Å². The Labute approximate surface area is 176 Å². The molecule has 1 unspecified atom stereocenters. The number of hydrogen-bond acceptors (Lipinski definition) is 8. The van der Waals surface area contributed by atoms with Crippen molar-refractivity contribution in [1.29, 1.82) is 0 Å². The largest absolute Gasteiger partial charge is 0.487 e. The first-order valence-electron chi connectivity index (χ1n) is 9.57. The third kappa shape index (κ3) is 3.73. The standard InChI is InChI=1S/C20H19ClN4O5/c21-19-23-17-15(18(24-19)22-7-13-3-2-6-28-13)4-1-5-16(17)29-11-14-8-25(20(26)30-14)12-9-27-10-12/h1-6,12,14H,7-11H2,(H,22,23,24). The summed E-state index contributed by atoms with van der Waals surface area (Å²) in [6.45, 7) is 2.25. The smallest absolute Gasteiger partial charge is 0.410 e. The number of benzene rings is 1. The topological polar surface area (TPSA) is 99.0 Å². The second-order valence-electron chi connectivity index (χ2n) is 7.09. The van der Waals surface area contributed by atoms with Gasteiger partial charge in [-0.25, -0.2) is 14.8 Å². The number of nitrogens with one attached hydrogen (secondary N) is 1. The molecule has 2 saturated heterocycles. The number of furan rings is 1. The molecule has 0 aliphatic carbocycles. The quantitative estimate of drug-likeness (QED) is 0.571. The number of halogens is 1. The minimum atomic E-state index is -0.359. The minimum Gasteiger partial charge on any atom is -0.487 e. The minimum absolute atomic E-state index is 0.0920. The van der Waals surface area contributed by atoms with E-state index in [2.05, 4.69) is 15.3 Å². The van der Waals surface area contributed by atoms with Crippen molar-refractivity contribution < 1.29 is 23.4 Å². The second kappa shape index (κ2) is 8.00. The molecule has 10 heteroatoms. The zero-order valence-corrected chi connectivity index (χ0v) is 16.7. The number of fused-ring (bicyclic) bond motifs is 1. The summed E-state index contributed by atoms with van der Waals surface area (Å²) in [7, 11) is 0. The molecule has 2 aliphatic rings. The van der Waals surface area contributed by atoms with Crippen molar-refractivity contribution in [2.75, 3.05) is 31.7 Å². The normalized spacial score (nSPS) is 19.0. The van der Waals surface area contributed by atoms with Gasteiger partial charge in [0.15, 0.2) is 6.10 Å². The molecule has 2 aromatic heterocycles. The maximum absolute atomic E-state index is 12.0. The zero-order chi connectivity index (χ0) is 20.5. The van der Waals surface area contributed by atoms with Gasteiger partial charge < -0.3 is 23.9 Å². The summed E-state index contributed by atoms with van der Waals surface area (Å²) in [6, 6.07) is 9.32. The van der Waals surface area contributed by atoms with Gasteiger partial charge in [-0.15, -0.1) is 0 Å². The molecule has 3 aromatic rings. The maximum Gasteiger partial charge on any atom is 0.410 e. The van der Waals surface area contributed by atoms with Crippen molar-refractivity contribution in [2.45, 2.75) is 18.7 Å². The Balaban J connectivity index is 1.31. The summed E-state index contributed by atoms with van der Waals surface area (Å²) in [5.74, 6) is 1.89. The molecule has 9 nitrogen and oxygen atoms in total. The number of ether oxygens (including phenoxy) is 3. The first kappa shape index (κ1) is 19.0. The highest BCUT2D eigenvalue weighted by Gasteiger charge is 2.39. The molecule has 0 bridgehead atoms. The van der Waals surface area contributed by atoms with Crippen LogP contribution in [-0.2, 0) is 16.0 Å². The van der Waals surface area contributed by atoms with Crippen molar-refractivity contribution in [3.8, 4) is 5.75 Å². The lowest BCUT2D eigenvalue weighted by molar-refractivity contribution is -0.0455. The number of aromatic nitrogens is 2. The van der Waals surface area contributed by atoms with E-state index in [-0.39, 0.29) is 30.1 Å². The average molecular weight is 431 g/mol. The molecule has 1 amide bonds. The molecular weight excluding hydrogens is 412 g/mol. The van der Waals surface area contributed by atoms with Gasteiger partial charge in [0.25, 0.3) is 0 Å². The summed E-state index contributed by atoms with van der Waals surface area (Å²) in [5.41, 5.74) is 0.577. The van der Waals surface area contributed by atoms with Crippen LogP contribution >= 0.6 is 11.6 Å². The average Bonchev–Trinajstić information content (AvgIpc) is 3.33. The van der Waals surface area contributed by atoms with Crippen LogP contribution in [0.1, 0.15) is 5.76 Å². The Morgan fingerprint density at radius 3 is 2.90 bits per heavy atom. The summed E-state index contributed by atoms with van der Waals surface area (Å²) in [6.07, 6.45) is 0.926. The predicted molar refractivity (Wildman–Crippen MR) is 108 cm³/mol. The van der Waals surface area contributed by atoms with Gasteiger partial charge in [0.05, 0.1) is 38.6 Å². The number of nitrogens with zero attached hydrogens (tertiary/aromatic N) is 3. The number of anilines is 1. The fourth-order valence-corrected chi connectivity index (χ4v) is 3.62. The number of hydrogen-bond donors (Lipinski definition) is 1. The molecule has 0 radical (unpaired) electrons. The highest BCUT2D eigenvalue weighted by atomic mass is 35.5. The SMILES string of the molecule is O=C1OC(COc2cccc3c(NCc4ccco4)nc(Cl)nc23)CN1C1COC1.